The molecule has 1 atom stereocenters. The number of hydrogen-bond donors (Lipinski definition) is 0. The van der Waals surface area contributed by atoms with Crippen LogP contribution in [0.2, 0.25) is 0 Å². The molecule has 1 unspecified atom stereocenters. The minimum absolute atomic E-state index is 0.277. The minimum Gasteiger partial charge on any atom is -0.552 e. The van der Waals surface area contributed by atoms with Crippen molar-refractivity contribution in [2.75, 3.05) is 0 Å². The predicted molar refractivity (Wildman–Crippen MR) is 46.1 cm³/mol. The second-order valence-electron chi connectivity index (χ2n) is 2.88. The van der Waals surface area contributed by atoms with Gasteiger partial charge in [-0.1, -0.05) is 15.9 Å². The molecule has 1 aromatic rings. The molecule has 0 N–H and O–H groups in total. The Balaban J connectivity index is 2.55. The van der Waals surface area contributed by atoms with Crippen LogP contribution in [-0.2, 0) is 0 Å². The van der Waals surface area contributed by atoms with Gasteiger partial charge in [-0.15, -0.1) is 4.99 Å². The molecule has 7 heteroatoms. The van der Waals surface area contributed by atoms with Crippen molar-refractivity contribution in [1.29, 1.82) is 0 Å². The van der Waals surface area contributed by atoms with Crippen LogP contribution >= 0.6 is 15.9 Å². The summed E-state index contributed by atoms with van der Waals surface area (Å²) in [5.74, 6) is 0.277. The zero-order valence-electron chi connectivity index (χ0n) is 6.60. The molecule has 14 heavy (non-hydrogen) atoms. The van der Waals surface area contributed by atoms with E-state index in [9.17, 15) is 10.0 Å². The molecule has 3 aliphatic heterocycles. The number of urea groups is 1. The largest absolute Gasteiger partial charge is 0.552 e. The fourth-order valence-corrected chi connectivity index (χ4v) is 1.78. The maximum absolute atomic E-state index is 11.6. The van der Waals surface area contributed by atoms with E-state index in [1.165, 1.54) is 0 Å². The lowest BCUT2D eigenvalue weighted by molar-refractivity contribution is -0.982. The quantitative estimate of drug-likeness (QED) is 0.496. The van der Waals surface area contributed by atoms with Crippen molar-refractivity contribution in [3.63, 3.8) is 0 Å². The first-order valence-corrected chi connectivity index (χ1v) is 4.50. The highest BCUT2D eigenvalue weighted by atomic mass is 79.9. The van der Waals surface area contributed by atoms with Gasteiger partial charge in [-0.3, -0.25) is 4.84 Å². The van der Waals surface area contributed by atoms with Gasteiger partial charge in [-0.2, -0.15) is 4.79 Å². The van der Waals surface area contributed by atoms with Crippen molar-refractivity contribution in [2.24, 2.45) is 10.1 Å². The van der Waals surface area contributed by atoms with Crippen LogP contribution in [0.5, 0.6) is 5.75 Å². The van der Waals surface area contributed by atoms with E-state index in [1.54, 1.807) is 12.1 Å². The summed E-state index contributed by atoms with van der Waals surface area (Å²) in [4.78, 5) is 17.8. The number of nitrogens with zero attached hydrogens (tertiary/aromatic N) is 3. The number of fused-ring (bicyclic) bond motifs is 1. The Morgan fingerprint density at radius 1 is 1.50 bits per heavy atom. The third-order valence-electron chi connectivity index (χ3n) is 1.93. The molecule has 0 radical (unpaired) electrons. The molecule has 1 aromatic carbocycles. The van der Waals surface area contributed by atoms with Gasteiger partial charge in [0.05, 0.1) is 0 Å². The van der Waals surface area contributed by atoms with Crippen LogP contribution in [0.4, 0.5) is 4.79 Å². The van der Waals surface area contributed by atoms with E-state index < -0.39 is 10.9 Å². The lowest BCUT2D eigenvalue weighted by atomic mass is 10.3. The van der Waals surface area contributed by atoms with Gasteiger partial charge in [0.25, 0.3) is 0 Å². The van der Waals surface area contributed by atoms with Crippen molar-refractivity contribution in [2.45, 2.75) is 0 Å². The molecule has 0 fully saturated rings. The summed E-state index contributed by atoms with van der Waals surface area (Å²) in [6.07, 6.45) is 0. The molecule has 0 saturated carbocycles. The van der Waals surface area contributed by atoms with Crippen molar-refractivity contribution in [3.05, 3.63) is 32.5 Å². The number of carbonyl (C=O) groups is 1. The zero-order chi connectivity index (χ0) is 9.92. The predicted octanol–water partition coefficient (Wildman–Crippen LogP) is 0.359. The summed E-state index contributed by atoms with van der Waals surface area (Å²) < 4.78 is 0.728. The Morgan fingerprint density at radius 3 is 2.93 bits per heavy atom. The number of amides is 2. The van der Waals surface area contributed by atoms with Crippen molar-refractivity contribution < 1.29 is 14.6 Å². The number of halogens is 1. The molecule has 70 valence electrons. The average molecular weight is 256 g/mol. The molecule has 4 bridgehead atoms. The van der Waals surface area contributed by atoms with Crippen molar-refractivity contribution in [1.82, 2.24) is 0 Å². The number of benzene rings is 1. The SMILES string of the molecule is O=C1N=c2c3cc(Br)cc2=N[N+]1([O-])O3. The summed E-state index contributed by atoms with van der Waals surface area (Å²) >= 11 is 3.22. The van der Waals surface area contributed by atoms with E-state index in [0.29, 0.717) is 10.7 Å². The van der Waals surface area contributed by atoms with Crippen LogP contribution in [0.25, 0.3) is 0 Å². The monoisotopic (exact) mass is 255 g/mol. The Labute approximate surface area is 85.4 Å². The minimum atomic E-state index is -1.72. The molecule has 6 nitrogen and oxygen atoms in total. The first-order valence-electron chi connectivity index (χ1n) is 3.71. The number of quaternary nitrogens is 1. The van der Waals surface area contributed by atoms with Gasteiger partial charge in [0.15, 0.2) is 10.7 Å². The Bertz CT molecular complexity index is 585. The second-order valence-corrected chi connectivity index (χ2v) is 3.79. The van der Waals surface area contributed by atoms with E-state index in [1.807, 2.05) is 0 Å². The Hall–Kier alpha value is -1.31. The van der Waals surface area contributed by atoms with Crippen LogP contribution in [0.3, 0.4) is 0 Å². The van der Waals surface area contributed by atoms with Gasteiger partial charge in [0.2, 0.25) is 5.75 Å². The fourth-order valence-electron chi connectivity index (χ4n) is 1.35. The average Bonchev–Trinajstić information content (AvgIpc) is 2.05. The van der Waals surface area contributed by atoms with E-state index in [-0.39, 0.29) is 5.75 Å². The molecule has 3 aliphatic rings. The van der Waals surface area contributed by atoms with E-state index in [4.69, 9.17) is 4.84 Å². The van der Waals surface area contributed by atoms with Crippen LogP contribution < -0.4 is 15.6 Å². The summed E-state index contributed by atoms with van der Waals surface area (Å²) in [5.41, 5.74) is 0. The molecular weight excluding hydrogens is 254 g/mol. The van der Waals surface area contributed by atoms with Gasteiger partial charge in [0.1, 0.15) is 0 Å². The van der Waals surface area contributed by atoms with Crippen LogP contribution in [0.15, 0.2) is 26.7 Å². The Morgan fingerprint density at radius 2 is 2.29 bits per heavy atom. The maximum atomic E-state index is 11.6. The van der Waals surface area contributed by atoms with Gasteiger partial charge in [-0.25, -0.2) is 0 Å². The normalized spacial score (nSPS) is 26.6. The molecule has 0 aromatic heterocycles. The first-order chi connectivity index (χ1) is 6.58. The van der Waals surface area contributed by atoms with Gasteiger partial charge < -0.3 is 5.21 Å². The van der Waals surface area contributed by atoms with Crippen molar-refractivity contribution >= 4 is 22.0 Å². The Kier molecular flexibility index (Phi) is 1.26. The maximum Gasteiger partial charge on any atom is 0.514 e. The third-order valence-corrected chi connectivity index (χ3v) is 2.39. The topological polar surface area (TPSA) is 74.1 Å². The van der Waals surface area contributed by atoms with Crippen LogP contribution in [0.1, 0.15) is 0 Å². The standard InChI is InChI=1S/C7H2BrN3O3/c8-3-1-4-6-5(2-3)14-11(13,10-4)7(12)9-6/h1-2H. The highest BCUT2D eigenvalue weighted by Crippen LogP contribution is 2.23. The summed E-state index contributed by atoms with van der Waals surface area (Å²) in [6.45, 7) is 0. The van der Waals surface area contributed by atoms with Gasteiger partial charge in [-0.05, 0) is 11.2 Å². The first kappa shape index (κ1) is 8.04. The molecule has 0 spiro atoms. The molecule has 4 rings (SSSR count). The molecule has 0 aliphatic carbocycles. The summed E-state index contributed by atoms with van der Waals surface area (Å²) in [7, 11) is 0. The third kappa shape index (κ3) is 0.834. The molecule has 2 amide bonds. The van der Waals surface area contributed by atoms with E-state index in [0.717, 1.165) is 4.47 Å². The fraction of sp³-hybridized carbons (Fsp3) is 0. The second kappa shape index (κ2) is 2.19. The highest BCUT2D eigenvalue weighted by molar-refractivity contribution is 9.10. The lowest BCUT2D eigenvalue weighted by Gasteiger charge is -2.31. The number of carbonyl (C=O) groups excluding carboxylic acids is 1. The molecular formula is C7H2BrN3O3. The van der Waals surface area contributed by atoms with Crippen molar-refractivity contribution in [3.8, 4) is 5.75 Å². The number of hydrogen-bond acceptors (Lipinski definition) is 4. The molecule has 0 saturated heterocycles. The number of rotatable bonds is 0. The van der Waals surface area contributed by atoms with Crippen LogP contribution in [0, 0.1) is 5.21 Å². The van der Waals surface area contributed by atoms with Gasteiger partial charge >= 0.3 is 6.03 Å². The summed E-state index contributed by atoms with van der Waals surface area (Å²) in [5, 5.41) is 15.8. The van der Waals surface area contributed by atoms with E-state index >= 15 is 0 Å². The number of hydroxylamine groups is 2. The highest BCUT2D eigenvalue weighted by Gasteiger charge is 2.40. The van der Waals surface area contributed by atoms with Crippen LogP contribution in [-0.4, -0.2) is 10.9 Å². The van der Waals surface area contributed by atoms with E-state index in [2.05, 4.69) is 26.0 Å². The summed E-state index contributed by atoms with van der Waals surface area (Å²) in [6, 6.07) is 2.24. The lowest BCUT2D eigenvalue weighted by Crippen LogP contribution is -2.57. The molecule has 3 heterocycles. The zero-order valence-corrected chi connectivity index (χ0v) is 8.19. The smallest absolute Gasteiger partial charge is 0.514 e. The van der Waals surface area contributed by atoms with Gasteiger partial charge in [0, 0.05) is 15.5 Å².